The predicted molar refractivity (Wildman–Crippen MR) is 75.1 cm³/mol. The van der Waals surface area contributed by atoms with Crippen LogP contribution < -0.4 is 4.74 Å². The first kappa shape index (κ1) is 11.7. The van der Waals surface area contributed by atoms with Crippen molar-refractivity contribution in [2.75, 3.05) is 0 Å². The zero-order valence-corrected chi connectivity index (χ0v) is 10.8. The first-order valence-electron chi connectivity index (χ1n) is 6.25. The molecule has 1 aromatic heterocycles. The Balaban J connectivity index is 1.86. The third kappa shape index (κ3) is 2.57. The SMILES string of the molecule is CC1=NC=Cc2cccc(OCn3cccn3)c2C1. The Hall–Kier alpha value is -2.36. The summed E-state index contributed by atoms with van der Waals surface area (Å²) in [5.74, 6) is 0.897. The van der Waals surface area contributed by atoms with Crippen LogP contribution in [0.1, 0.15) is 18.1 Å². The van der Waals surface area contributed by atoms with E-state index in [4.69, 9.17) is 4.74 Å². The lowest BCUT2D eigenvalue weighted by Crippen LogP contribution is -2.08. The number of nitrogens with zero attached hydrogens (tertiary/aromatic N) is 3. The van der Waals surface area contributed by atoms with Gasteiger partial charge < -0.3 is 4.74 Å². The number of hydrogen-bond donors (Lipinski definition) is 0. The number of hydrogen-bond acceptors (Lipinski definition) is 3. The van der Waals surface area contributed by atoms with Crippen LogP contribution in [0.5, 0.6) is 5.75 Å². The molecule has 0 N–H and O–H groups in total. The molecule has 0 radical (unpaired) electrons. The van der Waals surface area contributed by atoms with Gasteiger partial charge in [-0.25, -0.2) is 4.68 Å². The quantitative estimate of drug-likeness (QED) is 0.843. The topological polar surface area (TPSA) is 39.4 Å². The Morgan fingerprint density at radius 2 is 2.26 bits per heavy atom. The molecular formula is C15H15N3O. The van der Waals surface area contributed by atoms with E-state index in [2.05, 4.69) is 16.2 Å². The molecule has 0 spiro atoms. The van der Waals surface area contributed by atoms with E-state index in [1.54, 1.807) is 10.9 Å². The molecule has 2 aromatic rings. The van der Waals surface area contributed by atoms with E-state index >= 15 is 0 Å². The van der Waals surface area contributed by atoms with E-state index in [9.17, 15) is 0 Å². The van der Waals surface area contributed by atoms with Gasteiger partial charge in [0.1, 0.15) is 5.75 Å². The van der Waals surface area contributed by atoms with Gasteiger partial charge in [0.25, 0.3) is 0 Å². The highest BCUT2D eigenvalue weighted by molar-refractivity contribution is 5.88. The van der Waals surface area contributed by atoms with Gasteiger partial charge >= 0.3 is 0 Å². The molecule has 0 fully saturated rings. The Labute approximate surface area is 112 Å². The second-order valence-electron chi connectivity index (χ2n) is 4.50. The summed E-state index contributed by atoms with van der Waals surface area (Å²) >= 11 is 0. The smallest absolute Gasteiger partial charge is 0.180 e. The maximum absolute atomic E-state index is 5.86. The highest BCUT2D eigenvalue weighted by Crippen LogP contribution is 2.26. The van der Waals surface area contributed by atoms with Crippen LogP contribution in [0.25, 0.3) is 6.08 Å². The van der Waals surface area contributed by atoms with Crippen LogP contribution in [0.3, 0.4) is 0 Å². The third-order valence-corrected chi connectivity index (χ3v) is 3.06. The van der Waals surface area contributed by atoms with Gasteiger partial charge in [-0.15, -0.1) is 0 Å². The molecule has 0 saturated heterocycles. The van der Waals surface area contributed by atoms with Crippen molar-refractivity contribution in [2.24, 2.45) is 4.99 Å². The molecule has 0 unspecified atom stereocenters. The maximum Gasteiger partial charge on any atom is 0.180 e. The summed E-state index contributed by atoms with van der Waals surface area (Å²) in [7, 11) is 0. The number of benzene rings is 1. The minimum absolute atomic E-state index is 0.420. The molecule has 0 atom stereocenters. The molecule has 1 aliphatic rings. The molecule has 19 heavy (non-hydrogen) atoms. The largest absolute Gasteiger partial charge is 0.471 e. The van der Waals surface area contributed by atoms with Crippen molar-refractivity contribution < 1.29 is 4.74 Å². The number of fused-ring (bicyclic) bond motifs is 1. The lowest BCUT2D eigenvalue weighted by molar-refractivity contribution is 0.219. The lowest BCUT2D eigenvalue weighted by atomic mass is 10.0. The minimum Gasteiger partial charge on any atom is -0.471 e. The average Bonchev–Trinajstić information content (AvgIpc) is 2.84. The Morgan fingerprint density at radius 1 is 1.32 bits per heavy atom. The Bertz CT molecular complexity index is 627. The summed E-state index contributed by atoms with van der Waals surface area (Å²) in [6.45, 7) is 2.45. The molecule has 4 heteroatoms. The van der Waals surface area contributed by atoms with Crippen LogP contribution >= 0.6 is 0 Å². The second kappa shape index (κ2) is 5.10. The van der Waals surface area contributed by atoms with Gasteiger partial charge in [0.15, 0.2) is 6.73 Å². The number of aliphatic imine (C=N–C) groups is 1. The monoisotopic (exact) mass is 253 g/mol. The fourth-order valence-corrected chi connectivity index (χ4v) is 2.12. The summed E-state index contributed by atoms with van der Waals surface area (Å²) < 4.78 is 7.62. The molecule has 0 bridgehead atoms. The summed E-state index contributed by atoms with van der Waals surface area (Å²) in [4.78, 5) is 4.35. The predicted octanol–water partition coefficient (Wildman–Crippen LogP) is 2.91. The summed E-state index contributed by atoms with van der Waals surface area (Å²) in [6, 6.07) is 7.96. The Morgan fingerprint density at radius 3 is 3.11 bits per heavy atom. The van der Waals surface area contributed by atoms with Gasteiger partial charge in [-0.3, -0.25) is 4.99 Å². The van der Waals surface area contributed by atoms with E-state index in [-0.39, 0.29) is 0 Å². The fraction of sp³-hybridized carbons (Fsp3) is 0.200. The van der Waals surface area contributed by atoms with Gasteiger partial charge in [-0.1, -0.05) is 12.1 Å². The van der Waals surface area contributed by atoms with Crippen molar-refractivity contribution in [3.8, 4) is 5.75 Å². The van der Waals surface area contributed by atoms with Gasteiger partial charge in [0.2, 0.25) is 0 Å². The first-order chi connectivity index (χ1) is 9.33. The number of aromatic nitrogens is 2. The van der Waals surface area contributed by atoms with Crippen molar-refractivity contribution in [1.82, 2.24) is 9.78 Å². The van der Waals surface area contributed by atoms with Crippen LogP contribution in [0.15, 0.2) is 47.9 Å². The van der Waals surface area contributed by atoms with Crippen molar-refractivity contribution >= 4 is 11.8 Å². The molecule has 1 aromatic carbocycles. The van der Waals surface area contributed by atoms with Crippen LogP contribution in [0.4, 0.5) is 0 Å². The molecule has 4 nitrogen and oxygen atoms in total. The zero-order chi connectivity index (χ0) is 13.1. The van der Waals surface area contributed by atoms with E-state index < -0.39 is 0 Å². The highest BCUT2D eigenvalue weighted by atomic mass is 16.5. The van der Waals surface area contributed by atoms with E-state index in [1.165, 1.54) is 11.1 Å². The summed E-state index contributed by atoms with van der Waals surface area (Å²) in [5.41, 5.74) is 3.44. The summed E-state index contributed by atoms with van der Waals surface area (Å²) in [5, 5.41) is 4.13. The zero-order valence-electron chi connectivity index (χ0n) is 10.8. The van der Waals surface area contributed by atoms with Crippen LogP contribution in [0.2, 0.25) is 0 Å². The Kier molecular flexibility index (Phi) is 3.14. The van der Waals surface area contributed by atoms with E-state index in [0.29, 0.717) is 6.73 Å². The third-order valence-electron chi connectivity index (χ3n) is 3.06. The van der Waals surface area contributed by atoms with Gasteiger partial charge in [-0.2, -0.15) is 5.10 Å². The molecular weight excluding hydrogens is 238 g/mol. The van der Waals surface area contributed by atoms with Crippen molar-refractivity contribution in [2.45, 2.75) is 20.1 Å². The van der Waals surface area contributed by atoms with Gasteiger partial charge in [0, 0.05) is 36.3 Å². The van der Waals surface area contributed by atoms with Crippen molar-refractivity contribution in [3.63, 3.8) is 0 Å². The maximum atomic E-state index is 5.86. The molecule has 1 aliphatic heterocycles. The van der Waals surface area contributed by atoms with Gasteiger partial charge in [-0.05, 0) is 30.7 Å². The molecule has 0 saturated carbocycles. The first-order valence-corrected chi connectivity index (χ1v) is 6.25. The normalized spacial score (nSPS) is 13.6. The average molecular weight is 253 g/mol. The van der Waals surface area contributed by atoms with Crippen LogP contribution in [0, 0.1) is 0 Å². The van der Waals surface area contributed by atoms with Crippen LogP contribution in [-0.2, 0) is 13.2 Å². The standard InChI is InChI=1S/C15H15N3O/c1-12-10-14-13(6-8-16-12)4-2-5-15(14)19-11-18-9-3-7-17-18/h2-9H,10-11H2,1H3. The lowest BCUT2D eigenvalue weighted by Gasteiger charge is -2.13. The molecule has 0 aliphatic carbocycles. The number of ether oxygens (including phenoxy) is 1. The fourth-order valence-electron chi connectivity index (χ4n) is 2.12. The summed E-state index contributed by atoms with van der Waals surface area (Å²) in [6.07, 6.45) is 8.31. The van der Waals surface area contributed by atoms with E-state index in [0.717, 1.165) is 17.9 Å². The van der Waals surface area contributed by atoms with Crippen molar-refractivity contribution in [1.29, 1.82) is 0 Å². The molecule has 96 valence electrons. The number of rotatable bonds is 3. The second-order valence-corrected chi connectivity index (χ2v) is 4.50. The minimum atomic E-state index is 0.420. The van der Waals surface area contributed by atoms with E-state index in [1.807, 2.05) is 43.6 Å². The van der Waals surface area contributed by atoms with Crippen LogP contribution in [-0.4, -0.2) is 15.5 Å². The molecule has 0 amide bonds. The molecule has 3 rings (SSSR count). The van der Waals surface area contributed by atoms with Crippen molar-refractivity contribution in [3.05, 3.63) is 54.0 Å². The highest BCUT2D eigenvalue weighted by Gasteiger charge is 2.11. The van der Waals surface area contributed by atoms with Gasteiger partial charge in [0.05, 0.1) is 0 Å². The molecule has 2 heterocycles.